The summed E-state index contributed by atoms with van der Waals surface area (Å²) in [5.74, 6) is -1.06. The summed E-state index contributed by atoms with van der Waals surface area (Å²) in [5.41, 5.74) is 1.41. The van der Waals surface area contributed by atoms with Gasteiger partial charge >= 0.3 is 5.97 Å². The fourth-order valence-corrected chi connectivity index (χ4v) is 6.33. The van der Waals surface area contributed by atoms with Gasteiger partial charge in [0.05, 0.1) is 31.9 Å². The number of piperidine rings is 1. The summed E-state index contributed by atoms with van der Waals surface area (Å²) in [5, 5.41) is 30.5. The third-order valence-electron chi connectivity index (χ3n) is 7.90. The molecule has 0 unspecified atom stereocenters. The first kappa shape index (κ1) is 29.6. The number of benzene rings is 2. The Morgan fingerprint density at radius 3 is 2.44 bits per heavy atom. The number of halogens is 4. The number of aromatic nitrogens is 4. The number of nitrogens with zero attached hydrogens (tertiary/aromatic N) is 5. The summed E-state index contributed by atoms with van der Waals surface area (Å²) in [6, 6.07) is 10.7. The molecular weight excluding hydrogens is 620 g/mol. The van der Waals surface area contributed by atoms with Crippen LogP contribution < -0.4 is 9.64 Å². The first-order chi connectivity index (χ1) is 20.5. The van der Waals surface area contributed by atoms with Gasteiger partial charge in [-0.1, -0.05) is 46.1 Å². The molecule has 3 heterocycles. The zero-order valence-corrected chi connectivity index (χ0v) is 25.3. The van der Waals surface area contributed by atoms with Crippen LogP contribution in [0.1, 0.15) is 64.6 Å². The maximum atomic E-state index is 15.5. The number of aryl methyl sites for hydroxylation is 1. The predicted molar refractivity (Wildman–Crippen MR) is 160 cm³/mol. The molecule has 0 spiro atoms. The number of rotatable bonds is 8. The van der Waals surface area contributed by atoms with Gasteiger partial charge in [-0.15, -0.1) is 5.10 Å². The molecule has 1 aliphatic carbocycles. The van der Waals surface area contributed by atoms with Crippen LogP contribution in [0.25, 0.3) is 5.69 Å². The highest BCUT2D eigenvalue weighted by atomic mass is 35.5. The molecule has 13 heteroatoms. The van der Waals surface area contributed by atoms with Crippen molar-refractivity contribution in [3.05, 3.63) is 91.6 Å². The second kappa shape index (κ2) is 11.6. The van der Waals surface area contributed by atoms with E-state index in [2.05, 4.69) is 15.3 Å². The molecule has 4 aromatic rings. The van der Waals surface area contributed by atoms with Gasteiger partial charge in [-0.3, -0.25) is 0 Å². The van der Waals surface area contributed by atoms with Crippen LogP contribution in [0.2, 0.25) is 15.1 Å². The number of aliphatic hydroxyl groups is 1. The van der Waals surface area contributed by atoms with Crippen LogP contribution in [0.5, 0.6) is 5.75 Å². The molecule has 0 atom stereocenters. The molecule has 2 N–H and O–H groups in total. The lowest BCUT2D eigenvalue weighted by atomic mass is 9.84. The first-order valence-corrected chi connectivity index (χ1v) is 14.9. The molecule has 2 aromatic carbocycles. The van der Waals surface area contributed by atoms with E-state index in [0.717, 1.165) is 18.5 Å². The van der Waals surface area contributed by atoms with Crippen molar-refractivity contribution in [1.82, 2.24) is 20.0 Å². The van der Waals surface area contributed by atoms with E-state index in [4.69, 9.17) is 39.5 Å². The van der Waals surface area contributed by atoms with E-state index >= 15 is 4.39 Å². The van der Waals surface area contributed by atoms with E-state index in [1.54, 1.807) is 25.1 Å². The fourth-order valence-electron chi connectivity index (χ4n) is 5.45. The molecule has 6 rings (SSSR count). The lowest BCUT2D eigenvalue weighted by molar-refractivity contribution is 0.0114. The number of aromatic carboxylic acids is 1. The molecule has 2 aliphatic rings. The summed E-state index contributed by atoms with van der Waals surface area (Å²) < 4.78 is 22.9. The molecule has 0 amide bonds. The third kappa shape index (κ3) is 5.89. The molecule has 2 aromatic heterocycles. The SMILES string of the molecule is Cc1cc(C(=O)O)cc(N2CCC(O)(c3cc(F)c(OCc4c(C5CC5)nnn4-c4c(Cl)cccc4Cl)cc3Cl)CC2)n1. The van der Waals surface area contributed by atoms with Crippen molar-refractivity contribution < 1.29 is 24.1 Å². The molecule has 43 heavy (non-hydrogen) atoms. The molecule has 9 nitrogen and oxygen atoms in total. The van der Waals surface area contributed by atoms with E-state index in [-0.39, 0.29) is 47.3 Å². The lowest BCUT2D eigenvalue weighted by Gasteiger charge is -2.39. The monoisotopic (exact) mass is 645 g/mol. The number of anilines is 1. The van der Waals surface area contributed by atoms with Gasteiger partial charge in [-0.05, 0) is 62.9 Å². The van der Waals surface area contributed by atoms with Crippen LogP contribution in [0, 0.1) is 12.7 Å². The quantitative estimate of drug-likeness (QED) is 0.217. The van der Waals surface area contributed by atoms with Gasteiger partial charge in [-0.2, -0.15) is 0 Å². The number of para-hydroxylation sites is 1. The van der Waals surface area contributed by atoms with Crippen LogP contribution in [0.15, 0.2) is 42.5 Å². The Bertz CT molecular complexity index is 1700. The zero-order valence-electron chi connectivity index (χ0n) is 23.0. The Hall–Kier alpha value is -3.44. The normalized spacial score (nSPS) is 16.4. The molecule has 0 radical (unpaired) electrons. The van der Waals surface area contributed by atoms with Crippen LogP contribution >= 0.6 is 34.8 Å². The van der Waals surface area contributed by atoms with E-state index in [1.165, 1.54) is 28.9 Å². The predicted octanol–water partition coefficient (Wildman–Crippen LogP) is 6.71. The highest BCUT2D eigenvalue weighted by molar-refractivity contribution is 6.37. The smallest absolute Gasteiger partial charge is 0.335 e. The Labute approximate surface area is 261 Å². The summed E-state index contributed by atoms with van der Waals surface area (Å²) in [7, 11) is 0. The fraction of sp³-hybridized carbons (Fsp3) is 0.333. The second-order valence-corrected chi connectivity index (χ2v) is 12.1. The zero-order chi connectivity index (χ0) is 30.5. The first-order valence-electron chi connectivity index (χ1n) is 13.7. The van der Waals surface area contributed by atoms with Crippen molar-refractivity contribution in [2.45, 2.75) is 50.7 Å². The lowest BCUT2D eigenvalue weighted by Crippen LogP contribution is -2.43. The Morgan fingerprint density at radius 2 is 1.79 bits per heavy atom. The summed E-state index contributed by atoms with van der Waals surface area (Å²) in [4.78, 5) is 17.8. The number of carbonyl (C=O) groups is 1. The summed E-state index contributed by atoms with van der Waals surface area (Å²) in [6.07, 6.45) is 2.40. The van der Waals surface area contributed by atoms with Crippen LogP contribution in [-0.2, 0) is 12.2 Å². The number of pyridine rings is 1. The van der Waals surface area contributed by atoms with E-state index in [1.807, 2.05) is 4.90 Å². The Morgan fingerprint density at radius 1 is 1.09 bits per heavy atom. The van der Waals surface area contributed by atoms with Crippen LogP contribution in [0.3, 0.4) is 0 Å². The molecule has 1 saturated carbocycles. The highest BCUT2D eigenvalue weighted by Gasteiger charge is 2.37. The van der Waals surface area contributed by atoms with Crippen molar-refractivity contribution in [2.24, 2.45) is 0 Å². The average Bonchev–Trinajstić information content (AvgIpc) is 3.73. The van der Waals surface area contributed by atoms with Crippen molar-refractivity contribution >= 4 is 46.6 Å². The molecule has 1 aliphatic heterocycles. The number of ether oxygens (including phenoxy) is 1. The largest absolute Gasteiger partial charge is 0.484 e. The minimum atomic E-state index is -1.39. The molecular formula is C30H27Cl3FN5O4. The van der Waals surface area contributed by atoms with Crippen molar-refractivity contribution in [3.63, 3.8) is 0 Å². The number of carboxylic acids is 1. The van der Waals surface area contributed by atoms with Gasteiger partial charge in [0.2, 0.25) is 0 Å². The number of hydrogen-bond acceptors (Lipinski definition) is 7. The third-order valence-corrected chi connectivity index (χ3v) is 8.82. The number of hydrogen-bond donors (Lipinski definition) is 2. The van der Waals surface area contributed by atoms with Gasteiger partial charge in [0, 0.05) is 36.3 Å². The molecule has 1 saturated heterocycles. The number of carboxylic acid groups (broad SMARTS) is 1. The molecule has 224 valence electrons. The molecule has 0 bridgehead atoms. The van der Waals surface area contributed by atoms with E-state index in [9.17, 15) is 15.0 Å². The van der Waals surface area contributed by atoms with Gasteiger partial charge in [0.25, 0.3) is 0 Å². The highest BCUT2D eigenvalue weighted by Crippen LogP contribution is 2.43. The summed E-state index contributed by atoms with van der Waals surface area (Å²) in [6.45, 7) is 2.40. The van der Waals surface area contributed by atoms with Crippen molar-refractivity contribution in [3.8, 4) is 11.4 Å². The maximum absolute atomic E-state index is 15.5. The minimum Gasteiger partial charge on any atom is -0.484 e. The van der Waals surface area contributed by atoms with Gasteiger partial charge < -0.3 is 19.8 Å². The minimum absolute atomic E-state index is 0.0615. The van der Waals surface area contributed by atoms with E-state index in [0.29, 0.717) is 46.0 Å². The van der Waals surface area contributed by atoms with Crippen LogP contribution in [0.4, 0.5) is 10.2 Å². The summed E-state index contributed by atoms with van der Waals surface area (Å²) >= 11 is 19.5. The molecule has 2 fully saturated rings. The van der Waals surface area contributed by atoms with Crippen LogP contribution in [-0.4, -0.2) is 49.2 Å². The van der Waals surface area contributed by atoms with Gasteiger partial charge in [-0.25, -0.2) is 18.9 Å². The van der Waals surface area contributed by atoms with Crippen molar-refractivity contribution in [1.29, 1.82) is 0 Å². The topological polar surface area (TPSA) is 114 Å². The average molecular weight is 647 g/mol. The van der Waals surface area contributed by atoms with Gasteiger partial charge in [0.15, 0.2) is 11.6 Å². The Balaban J connectivity index is 1.21. The van der Waals surface area contributed by atoms with E-state index < -0.39 is 17.4 Å². The van der Waals surface area contributed by atoms with Crippen molar-refractivity contribution in [2.75, 3.05) is 18.0 Å². The second-order valence-electron chi connectivity index (χ2n) is 10.9. The van der Waals surface area contributed by atoms with Gasteiger partial charge in [0.1, 0.15) is 23.8 Å². The maximum Gasteiger partial charge on any atom is 0.335 e. The standard InChI is InChI=1S/C30H27Cl3FN5O4/c1-16-11-18(29(40)41)12-26(35-16)38-9-7-30(42,8-10-38)19-13-23(34)25(14-22(19)33)43-15-24-27(17-5-6-17)36-37-39(24)28-20(31)3-2-4-21(28)32/h2-4,11-14,17,42H,5-10,15H2,1H3,(H,40,41). The Kier molecular flexibility index (Phi) is 7.97.